The van der Waals surface area contributed by atoms with Gasteiger partial charge < -0.3 is 4.57 Å². The molecule has 1 heterocycles. The molecule has 20 heavy (non-hydrogen) atoms. The fraction of sp³-hybridized carbons (Fsp3) is 0.312. The minimum Gasteiger partial charge on any atom is -0.324 e. The second-order valence-electron chi connectivity index (χ2n) is 5.10. The Bertz CT molecular complexity index is 572. The Kier molecular flexibility index (Phi) is 3.83. The van der Waals surface area contributed by atoms with Crippen molar-refractivity contribution in [3.63, 3.8) is 0 Å². The number of aromatic nitrogens is 1. The smallest absolute Gasteiger partial charge is 0.274 e. The molecule has 2 aromatic rings. The van der Waals surface area contributed by atoms with Crippen LogP contribution in [0.25, 0.3) is 5.69 Å². The van der Waals surface area contributed by atoms with Crippen molar-refractivity contribution in [1.29, 1.82) is 0 Å². The molecule has 1 fully saturated rings. The first-order valence-electron chi connectivity index (χ1n) is 7.02. The average molecular weight is 270 g/mol. The Morgan fingerprint density at radius 2 is 1.90 bits per heavy atom. The fourth-order valence-electron chi connectivity index (χ4n) is 2.52. The Morgan fingerprint density at radius 1 is 1.15 bits per heavy atom. The van der Waals surface area contributed by atoms with Gasteiger partial charge in [-0.3, -0.25) is 9.63 Å². The van der Waals surface area contributed by atoms with Crippen molar-refractivity contribution in [2.45, 2.75) is 31.8 Å². The second-order valence-corrected chi connectivity index (χ2v) is 5.10. The predicted molar refractivity (Wildman–Crippen MR) is 76.6 cm³/mol. The zero-order valence-electron chi connectivity index (χ0n) is 11.3. The predicted octanol–water partition coefficient (Wildman–Crippen LogP) is 3.08. The van der Waals surface area contributed by atoms with E-state index in [1.54, 1.807) is 6.07 Å². The number of benzene rings is 1. The summed E-state index contributed by atoms with van der Waals surface area (Å²) in [5.74, 6) is -0.189. The van der Waals surface area contributed by atoms with E-state index in [2.05, 4.69) is 5.48 Å². The molecule has 1 amide bonds. The number of nitrogens with one attached hydrogen (secondary N) is 1. The lowest BCUT2D eigenvalue weighted by molar-refractivity contribution is -0.0124. The molecule has 0 bridgehead atoms. The van der Waals surface area contributed by atoms with Crippen LogP contribution in [0.15, 0.2) is 48.8 Å². The van der Waals surface area contributed by atoms with Crippen LogP contribution < -0.4 is 5.48 Å². The van der Waals surface area contributed by atoms with Crippen LogP contribution in [-0.4, -0.2) is 16.6 Å². The van der Waals surface area contributed by atoms with Gasteiger partial charge in [0.05, 0.1) is 6.10 Å². The van der Waals surface area contributed by atoms with Crippen LogP contribution in [-0.2, 0) is 4.84 Å². The number of hydrogen-bond acceptors (Lipinski definition) is 2. The molecule has 4 heteroatoms. The summed E-state index contributed by atoms with van der Waals surface area (Å²) in [7, 11) is 0. The molecule has 1 aromatic carbocycles. The van der Waals surface area contributed by atoms with E-state index in [0.29, 0.717) is 5.56 Å². The highest BCUT2D eigenvalue weighted by Crippen LogP contribution is 2.20. The van der Waals surface area contributed by atoms with Gasteiger partial charge >= 0.3 is 0 Å². The summed E-state index contributed by atoms with van der Waals surface area (Å²) >= 11 is 0. The monoisotopic (exact) mass is 270 g/mol. The van der Waals surface area contributed by atoms with E-state index in [1.165, 1.54) is 12.8 Å². The second kappa shape index (κ2) is 5.92. The molecule has 4 nitrogen and oxygen atoms in total. The zero-order valence-corrected chi connectivity index (χ0v) is 11.3. The van der Waals surface area contributed by atoms with Gasteiger partial charge in [-0.25, -0.2) is 5.48 Å². The highest BCUT2D eigenvalue weighted by atomic mass is 16.7. The number of amides is 1. The van der Waals surface area contributed by atoms with Crippen molar-refractivity contribution in [1.82, 2.24) is 10.0 Å². The molecular formula is C16H18N2O2. The van der Waals surface area contributed by atoms with Crippen molar-refractivity contribution in [3.8, 4) is 5.69 Å². The molecule has 0 aliphatic heterocycles. The van der Waals surface area contributed by atoms with Crippen LogP contribution in [0, 0.1) is 0 Å². The van der Waals surface area contributed by atoms with Crippen LogP contribution in [0.4, 0.5) is 0 Å². The van der Waals surface area contributed by atoms with Gasteiger partial charge in [-0.1, -0.05) is 18.9 Å². The minimum absolute atomic E-state index is 0.173. The largest absolute Gasteiger partial charge is 0.324 e. The quantitative estimate of drug-likeness (QED) is 0.868. The number of hydroxylamine groups is 1. The maximum absolute atomic E-state index is 12.1. The van der Waals surface area contributed by atoms with E-state index in [4.69, 9.17) is 4.84 Å². The molecule has 0 radical (unpaired) electrons. The Hall–Kier alpha value is -2.07. The maximum atomic E-state index is 12.1. The summed E-state index contributed by atoms with van der Waals surface area (Å²) in [6.45, 7) is 0. The van der Waals surface area contributed by atoms with Gasteiger partial charge in [-0.15, -0.1) is 0 Å². The fourth-order valence-corrected chi connectivity index (χ4v) is 2.52. The lowest BCUT2D eigenvalue weighted by atomic mass is 10.2. The van der Waals surface area contributed by atoms with Crippen molar-refractivity contribution in [2.24, 2.45) is 0 Å². The topological polar surface area (TPSA) is 43.3 Å². The van der Waals surface area contributed by atoms with Crippen LogP contribution in [0.5, 0.6) is 0 Å². The summed E-state index contributed by atoms with van der Waals surface area (Å²) in [4.78, 5) is 17.5. The number of hydrogen-bond donors (Lipinski definition) is 1. The first-order chi connectivity index (χ1) is 9.83. The third-order valence-corrected chi connectivity index (χ3v) is 3.63. The minimum atomic E-state index is -0.189. The van der Waals surface area contributed by atoms with E-state index >= 15 is 0 Å². The molecule has 1 N–H and O–H groups in total. The number of rotatable bonds is 4. The maximum Gasteiger partial charge on any atom is 0.274 e. The lowest BCUT2D eigenvalue weighted by Gasteiger charge is -2.12. The van der Waals surface area contributed by atoms with Crippen LogP contribution >= 0.6 is 0 Å². The van der Waals surface area contributed by atoms with E-state index in [1.807, 2.05) is 47.3 Å². The summed E-state index contributed by atoms with van der Waals surface area (Å²) in [5, 5.41) is 0. The van der Waals surface area contributed by atoms with Crippen LogP contribution in [0.1, 0.15) is 36.0 Å². The number of carbonyl (C=O) groups excluding carboxylic acids is 1. The standard InChI is InChI=1S/C16H18N2O2/c19-16(17-20-15-8-1-2-9-15)13-6-5-7-14(12-13)18-10-3-4-11-18/h3-7,10-12,15H,1-2,8-9H2,(H,17,19). The van der Waals surface area contributed by atoms with Crippen molar-refractivity contribution in [3.05, 3.63) is 54.4 Å². The summed E-state index contributed by atoms with van der Waals surface area (Å²) in [5.41, 5.74) is 4.13. The number of carbonyl (C=O) groups is 1. The molecule has 1 aromatic heterocycles. The highest BCUT2D eigenvalue weighted by molar-refractivity contribution is 5.94. The Labute approximate surface area is 118 Å². The molecule has 104 valence electrons. The van der Waals surface area contributed by atoms with Crippen molar-refractivity contribution < 1.29 is 9.63 Å². The van der Waals surface area contributed by atoms with E-state index in [0.717, 1.165) is 18.5 Å². The van der Waals surface area contributed by atoms with Gasteiger partial charge in [-0.2, -0.15) is 0 Å². The Morgan fingerprint density at radius 3 is 2.65 bits per heavy atom. The van der Waals surface area contributed by atoms with Crippen LogP contribution in [0.3, 0.4) is 0 Å². The van der Waals surface area contributed by atoms with E-state index < -0.39 is 0 Å². The van der Waals surface area contributed by atoms with E-state index in [-0.39, 0.29) is 12.0 Å². The molecule has 0 spiro atoms. The highest BCUT2D eigenvalue weighted by Gasteiger charge is 2.17. The SMILES string of the molecule is O=C(NOC1CCCC1)c1cccc(-n2cccc2)c1. The molecule has 1 aliphatic rings. The zero-order chi connectivity index (χ0) is 13.8. The van der Waals surface area contributed by atoms with Gasteiger partial charge in [0.25, 0.3) is 5.91 Å². The van der Waals surface area contributed by atoms with Gasteiger partial charge in [0.1, 0.15) is 0 Å². The summed E-state index contributed by atoms with van der Waals surface area (Å²) < 4.78 is 1.97. The van der Waals surface area contributed by atoms with Gasteiger partial charge in [0.15, 0.2) is 0 Å². The average Bonchev–Trinajstić information content (AvgIpc) is 3.18. The summed E-state index contributed by atoms with van der Waals surface area (Å²) in [6.07, 6.45) is 8.50. The molecule has 0 unspecified atom stereocenters. The molecular weight excluding hydrogens is 252 g/mol. The molecule has 0 atom stereocenters. The van der Waals surface area contributed by atoms with Gasteiger partial charge in [-0.05, 0) is 43.2 Å². The number of nitrogens with zero attached hydrogens (tertiary/aromatic N) is 1. The molecule has 0 saturated heterocycles. The first kappa shape index (κ1) is 12.9. The normalized spacial score (nSPS) is 15.4. The molecule has 3 rings (SSSR count). The van der Waals surface area contributed by atoms with E-state index in [9.17, 15) is 4.79 Å². The van der Waals surface area contributed by atoms with Crippen molar-refractivity contribution in [2.75, 3.05) is 0 Å². The molecule has 1 saturated carbocycles. The Balaban J connectivity index is 1.66. The lowest BCUT2D eigenvalue weighted by Crippen LogP contribution is -2.28. The third-order valence-electron chi connectivity index (χ3n) is 3.63. The summed E-state index contributed by atoms with van der Waals surface area (Å²) in [6, 6.07) is 11.4. The van der Waals surface area contributed by atoms with Crippen molar-refractivity contribution >= 4 is 5.91 Å². The van der Waals surface area contributed by atoms with Gasteiger partial charge in [0, 0.05) is 23.6 Å². The first-order valence-corrected chi connectivity index (χ1v) is 7.02. The molecule has 1 aliphatic carbocycles. The van der Waals surface area contributed by atoms with Crippen LogP contribution in [0.2, 0.25) is 0 Å². The third kappa shape index (κ3) is 2.91. The van der Waals surface area contributed by atoms with Gasteiger partial charge in [0.2, 0.25) is 0 Å².